The summed E-state index contributed by atoms with van der Waals surface area (Å²) in [4.78, 5) is 16.9. The third-order valence-corrected chi connectivity index (χ3v) is 5.72. The summed E-state index contributed by atoms with van der Waals surface area (Å²) in [6.07, 6.45) is 0. The van der Waals surface area contributed by atoms with Crippen LogP contribution in [0.5, 0.6) is 5.75 Å². The number of nitrogens with one attached hydrogen (secondary N) is 2. The molecule has 152 valence electrons. The first-order chi connectivity index (χ1) is 14.4. The van der Waals surface area contributed by atoms with Crippen molar-refractivity contribution in [2.24, 2.45) is 0 Å². The minimum absolute atomic E-state index is 0.0952. The highest BCUT2D eigenvalue weighted by molar-refractivity contribution is 7.80. The molecule has 1 amide bonds. The number of rotatable bonds is 4. The van der Waals surface area contributed by atoms with Crippen LogP contribution >= 0.6 is 46.8 Å². The summed E-state index contributed by atoms with van der Waals surface area (Å²) in [5.41, 5.74) is 1.46. The van der Waals surface area contributed by atoms with E-state index < -0.39 is 5.91 Å². The SMILES string of the molecule is COc1cc2sc(NC(=S)NC(=O)c3ccc(-c4cccc(Cl)c4)o3)nc2cc1Cl. The highest BCUT2D eigenvalue weighted by atomic mass is 35.5. The van der Waals surface area contributed by atoms with Crippen LogP contribution in [-0.2, 0) is 0 Å². The van der Waals surface area contributed by atoms with Crippen molar-refractivity contribution in [3.05, 3.63) is 64.3 Å². The number of benzene rings is 2. The quantitative estimate of drug-likeness (QED) is 0.351. The number of carbonyl (C=O) groups excluding carboxylic acids is 1. The molecule has 30 heavy (non-hydrogen) atoms. The van der Waals surface area contributed by atoms with Crippen molar-refractivity contribution >= 4 is 73.1 Å². The Bertz CT molecular complexity index is 1270. The van der Waals surface area contributed by atoms with Crippen LogP contribution in [0.15, 0.2) is 52.9 Å². The zero-order chi connectivity index (χ0) is 21.3. The van der Waals surface area contributed by atoms with Crippen molar-refractivity contribution < 1.29 is 13.9 Å². The van der Waals surface area contributed by atoms with Gasteiger partial charge in [-0.1, -0.05) is 46.7 Å². The molecule has 0 aliphatic rings. The van der Waals surface area contributed by atoms with E-state index in [-0.39, 0.29) is 10.9 Å². The highest BCUT2D eigenvalue weighted by Crippen LogP contribution is 2.34. The molecule has 6 nitrogen and oxygen atoms in total. The third kappa shape index (κ3) is 4.41. The molecule has 0 aliphatic heterocycles. The van der Waals surface area contributed by atoms with Gasteiger partial charge in [0, 0.05) is 16.7 Å². The smallest absolute Gasteiger partial charge is 0.293 e. The minimum Gasteiger partial charge on any atom is -0.495 e. The summed E-state index contributed by atoms with van der Waals surface area (Å²) >= 11 is 18.7. The molecule has 2 aromatic carbocycles. The number of nitrogens with zero attached hydrogens (tertiary/aromatic N) is 1. The molecule has 0 spiro atoms. The number of ether oxygens (including phenoxy) is 1. The van der Waals surface area contributed by atoms with E-state index >= 15 is 0 Å². The summed E-state index contributed by atoms with van der Waals surface area (Å²) in [5.74, 6) is 0.726. The van der Waals surface area contributed by atoms with Crippen molar-refractivity contribution in [2.45, 2.75) is 0 Å². The molecule has 4 aromatic rings. The van der Waals surface area contributed by atoms with Gasteiger partial charge in [-0.05, 0) is 42.5 Å². The van der Waals surface area contributed by atoms with E-state index in [0.717, 1.165) is 10.3 Å². The van der Waals surface area contributed by atoms with Gasteiger partial charge in [0.2, 0.25) is 0 Å². The van der Waals surface area contributed by atoms with Crippen molar-refractivity contribution in [1.29, 1.82) is 0 Å². The number of methoxy groups -OCH3 is 1. The van der Waals surface area contributed by atoms with Crippen molar-refractivity contribution in [3.63, 3.8) is 0 Å². The molecular formula is C20H13Cl2N3O3S2. The summed E-state index contributed by atoms with van der Waals surface area (Å²) in [7, 11) is 1.55. The molecule has 4 rings (SSSR count). The lowest BCUT2D eigenvalue weighted by Gasteiger charge is -2.05. The molecule has 0 radical (unpaired) electrons. The molecule has 0 bridgehead atoms. The first-order valence-electron chi connectivity index (χ1n) is 8.55. The molecule has 0 saturated heterocycles. The van der Waals surface area contributed by atoms with Crippen LogP contribution in [0.25, 0.3) is 21.5 Å². The van der Waals surface area contributed by atoms with Gasteiger partial charge in [0.1, 0.15) is 11.5 Å². The topological polar surface area (TPSA) is 76.4 Å². The van der Waals surface area contributed by atoms with E-state index in [1.165, 1.54) is 11.3 Å². The third-order valence-electron chi connectivity index (χ3n) is 4.05. The molecule has 0 fully saturated rings. The molecule has 0 saturated carbocycles. The highest BCUT2D eigenvalue weighted by Gasteiger charge is 2.15. The van der Waals surface area contributed by atoms with E-state index in [0.29, 0.717) is 32.2 Å². The number of fused-ring (bicyclic) bond motifs is 1. The fraction of sp³-hybridized carbons (Fsp3) is 0.0500. The Hall–Kier alpha value is -2.65. The van der Waals surface area contributed by atoms with Crippen LogP contribution in [0.1, 0.15) is 10.6 Å². The number of furan rings is 1. The number of carbonyl (C=O) groups is 1. The number of thiocarbonyl (C=S) groups is 1. The van der Waals surface area contributed by atoms with Crippen molar-refractivity contribution in [3.8, 4) is 17.1 Å². The van der Waals surface area contributed by atoms with Crippen LogP contribution in [0.2, 0.25) is 10.0 Å². The number of aromatic nitrogens is 1. The lowest BCUT2D eigenvalue weighted by Crippen LogP contribution is -2.33. The first-order valence-corrected chi connectivity index (χ1v) is 10.5. The number of amides is 1. The standard InChI is InChI=1S/C20H13Cl2N3O3S2/c1-27-16-9-17-13(8-12(16)22)23-20(30-17)25-19(29)24-18(26)15-6-5-14(28-15)10-3-2-4-11(21)7-10/h2-9H,1H3,(H2,23,24,25,26,29). The number of halogens is 2. The summed E-state index contributed by atoms with van der Waals surface area (Å²) in [5, 5.41) is 7.13. The van der Waals surface area contributed by atoms with Crippen molar-refractivity contribution in [1.82, 2.24) is 10.3 Å². The normalized spacial score (nSPS) is 10.8. The Balaban J connectivity index is 1.44. The van der Waals surface area contributed by atoms with Gasteiger partial charge in [-0.15, -0.1) is 0 Å². The predicted octanol–water partition coefficient (Wildman–Crippen LogP) is 6.00. The van der Waals surface area contributed by atoms with Gasteiger partial charge in [0.05, 0.1) is 22.3 Å². The second kappa shape index (κ2) is 8.61. The zero-order valence-electron chi connectivity index (χ0n) is 15.4. The largest absolute Gasteiger partial charge is 0.495 e. The van der Waals surface area contributed by atoms with Gasteiger partial charge in [0.25, 0.3) is 5.91 Å². The number of anilines is 1. The molecule has 0 unspecified atom stereocenters. The van der Waals surface area contributed by atoms with Gasteiger partial charge in [-0.2, -0.15) is 0 Å². The number of hydrogen-bond acceptors (Lipinski definition) is 6. The lowest BCUT2D eigenvalue weighted by atomic mass is 10.2. The summed E-state index contributed by atoms with van der Waals surface area (Å²) in [6.45, 7) is 0. The molecule has 2 aromatic heterocycles. The molecule has 10 heteroatoms. The second-order valence-corrected chi connectivity index (χ2v) is 8.34. The lowest BCUT2D eigenvalue weighted by molar-refractivity contribution is 0.0951. The Labute approximate surface area is 190 Å². The second-order valence-electron chi connectivity index (χ2n) is 6.06. The molecule has 0 aliphatic carbocycles. The van der Waals surface area contributed by atoms with Crippen LogP contribution in [0, 0.1) is 0 Å². The van der Waals surface area contributed by atoms with Gasteiger partial charge >= 0.3 is 0 Å². The molecular weight excluding hydrogens is 465 g/mol. The summed E-state index contributed by atoms with van der Waals surface area (Å²) < 4.78 is 11.7. The van der Waals surface area contributed by atoms with Gasteiger partial charge in [0.15, 0.2) is 16.0 Å². The fourth-order valence-corrected chi connectivity index (χ4v) is 4.25. The predicted molar refractivity (Wildman–Crippen MR) is 124 cm³/mol. The average Bonchev–Trinajstić information content (AvgIpc) is 3.33. The van der Waals surface area contributed by atoms with E-state index in [9.17, 15) is 4.79 Å². The molecule has 2 heterocycles. The first kappa shape index (κ1) is 20.6. The number of hydrogen-bond donors (Lipinski definition) is 2. The van der Waals surface area contributed by atoms with Crippen LogP contribution in [0.4, 0.5) is 5.13 Å². The average molecular weight is 478 g/mol. The van der Waals surface area contributed by atoms with E-state index in [4.69, 9.17) is 44.6 Å². The van der Waals surface area contributed by atoms with E-state index in [2.05, 4.69) is 15.6 Å². The summed E-state index contributed by atoms with van der Waals surface area (Å²) in [6, 6.07) is 13.9. The fourth-order valence-electron chi connectivity index (χ4n) is 2.69. The van der Waals surface area contributed by atoms with Crippen LogP contribution in [-0.4, -0.2) is 23.1 Å². The van der Waals surface area contributed by atoms with Gasteiger partial charge in [-0.3, -0.25) is 10.1 Å². The van der Waals surface area contributed by atoms with E-state index in [1.807, 2.05) is 6.07 Å². The molecule has 0 atom stereocenters. The number of thiazole rings is 1. The van der Waals surface area contributed by atoms with Crippen molar-refractivity contribution in [2.75, 3.05) is 12.4 Å². The Morgan fingerprint density at radius 2 is 2.03 bits per heavy atom. The minimum atomic E-state index is -0.480. The maximum absolute atomic E-state index is 12.4. The maximum atomic E-state index is 12.4. The maximum Gasteiger partial charge on any atom is 0.293 e. The Morgan fingerprint density at radius 3 is 2.80 bits per heavy atom. The van der Waals surface area contributed by atoms with Crippen LogP contribution < -0.4 is 15.4 Å². The van der Waals surface area contributed by atoms with E-state index in [1.54, 1.807) is 49.6 Å². The monoisotopic (exact) mass is 477 g/mol. The van der Waals surface area contributed by atoms with Gasteiger partial charge < -0.3 is 14.5 Å². The Morgan fingerprint density at radius 1 is 1.20 bits per heavy atom. The van der Waals surface area contributed by atoms with Gasteiger partial charge in [-0.25, -0.2) is 4.98 Å². The zero-order valence-corrected chi connectivity index (χ0v) is 18.5. The Kier molecular flexibility index (Phi) is 5.92. The molecule has 2 N–H and O–H groups in total. The van der Waals surface area contributed by atoms with Crippen LogP contribution in [0.3, 0.4) is 0 Å².